The van der Waals surface area contributed by atoms with Gasteiger partial charge in [0.15, 0.2) is 0 Å². The molecular weight excluding hydrogens is 207 g/mol. The van der Waals surface area contributed by atoms with E-state index in [1.165, 1.54) is 0 Å². The van der Waals surface area contributed by atoms with Gasteiger partial charge in [0.2, 0.25) is 0 Å². The van der Waals surface area contributed by atoms with Crippen molar-refractivity contribution in [1.29, 1.82) is 0 Å². The van der Waals surface area contributed by atoms with Crippen molar-refractivity contribution in [1.82, 2.24) is 5.32 Å². The fourth-order valence-electron chi connectivity index (χ4n) is 1.20. The van der Waals surface area contributed by atoms with Crippen LogP contribution in [0.15, 0.2) is 0 Å². The summed E-state index contributed by atoms with van der Waals surface area (Å²) in [6.07, 6.45) is -2.92. The third kappa shape index (κ3) is 10.0. The smallest absolute Gasteiger partial charge is 0.380 e. The third-order valence-corrected chi connectivity index (χ3v) is 2.19. The van der Waals surface area contributed by atoms with E-state index >= 15 is 0 Å². The lowest BCUT2D eigenvalue weighted by Crippen LogP contribution is -2.31. The molecule has 0 aromatic carbocycles. The molecule has 0 heterocycles. The summed E-state index contributed by atoms with van der Waals surface area (Å²) in [5.41, 5.74) is 0. The van der Waals surface area contributed by atoms with Crippen LogP contribution in [0.2, 0.25) is 0 Å². The van der Waals surface area contributed by atoms with Crippen molar-refractivity contribution in [3.63, 3.8) is 0 Å². The highest BCUT2D eigenvalue weighted by molar-refractivity contribution is 4.61. The van der Waals surface area contributed by atoms with E-state index in [1.807, 2.05) is 0 Å². The van der Waals surface area contributed by atoms with Gasteiger partial charge in [0, 0.05) is 12.6 Å². The largest absolute Gasteiger partial charge is 0.391 e. The molecule has 0 saturated carbocycles. The number of rotatable bonds is 8. The predicted octanol–water partition coefficient (Wildman–Crippen LogP) is 2.73. The second-order valence-electron chi connectivity index (χ2n) is 3.45. The van der Waals surface area contributed by atoms with E-state index in [-0.39, 0.29) is 6.61 Å². The van der Waals surface area contributed by atoms with Crippen molar-refractivity contribution in [2.75, 3.05) is 19.8 Å². The highest BCUT2D eigenvalue weighted by atomic mass is 19.4. The lowest BCUT2D eigenvalue weighted by Gasteiger charge is -2.14. The van der Waals surface area contributed by atoms with E-state index in [1.54, 1.807) is 0 Å². The minimum absolute atomic E-state index is 0.242. The summed E-state index contributed by atoms with van der Waals surface area (Å²) in [5.74, 6) is 0. The van der Waals surface area contributed by atoms with Crippen molar-refractivity contribution in [2.45, 2.75) is 45.3 Å². The van der Waals surface area contributed by atoms with Gasteiger partial charge in [-0.05, 0) is 12.8 Å². The first-order valence-electron chi connectivity index (χ1n) is 5.37. The first kappa shape index (κ1) is 14.7. The highest BCUT2D eigenvalue weighted by Crippen LogP contribution is 2.18. The number of ether oxygens (including phenoxy) is 1. The van der Waals surface area contributed by atoms with Crippen LogP contribution in [0.25, 0.3) is 0 Å². The van der Waals surface area contributed by atoms with E-state index in [4.69, 9.17) is 4.74 Å². The fraction of sp³-hybridized carbons (Fsp3) is 1.00. The van der Waals surface area contributed by atoms with Crippen molar-refractivity contribution in [3.8, 4) is 0 Å². The molecule has 0 aromatic rings. The van der Waals surface area contributed by atoms with Crippen LogP contribution in [0.3, 0.4) is 0 Å². The Labute approximate surface area is 89.2 Å². The molecule has 0 saturated heterocycles. The second-order valence-corrected chi connectivity index (χ2v) is 3.45. The molecule has 5 heteroatoms. The second kappa shape index (κ2) is 7.93. The van der Waals surface area contributed by atoms with Crippen molar-refractivity contribution in [3.05, 3.63) is 0 Å². The summed E-state index contributed by atoms with van der Waals surface area (Å²) in [4.78, 5) is 0. The Balaban J connectivity index is 3.25. The Hall–Kier alpha value is -0.290. The molecule has 0 unspecified atom stereocenters. The van der Waals surface area contributed by atoms with E-state index in [2.05, 4.69) is 19.2 Å². The minimum Gasteiger partial charge on any atom is -0.380 e. The first-order valence-corrected chi connectivity index (χ1v) is 5.37. The Morgan fingerprint density at radius 1 is 1.13 bits per heavy atom. The molecular formula is C10H20F3NO. The lowest BCUT2D eigenvalue weighted by atomic mass is 10.2. The normalized spacial score (nSPS) is 12.4. The van der Waals surface area contributed by atoms with Gasteiger partial charge in [-0.25, -0.2) is 0 Å². The van der Waals surface area contributed by atoms with Crippen LogP contribution >= 0.6 is 0 Å². The van der Waals surface area contributed by atoms with Crippen LogP contribution in [-0.4, -0.2) is 32.0 Å². The molecule has 0 aromatic heterocycles. The molecule has 0 rings (SSSR count). The molecule has 0 aliphatic rings. The summed E-state index contributed by atoms with van der Waals surface area (Å²) in [5, 5.41) is 3.21. The average Bonchev–Trinajstić information content (AvgIpc) is 2.15. The number of halogens is 3. The van der Waals surface area contributed by atoms with Gasteiger partial charge < -0.3 is 10.1 Å². The third-order valence-electron chi connectivity index (χ3n) is 2.19. The molecule has 0 bridgehead atoms. The Bertz CT molecular complexity index is 146. The standard InChI is InChI=1S/C10H20F3NO/c1-3-9(4-2)14-6-8-15-7-5-10(11,12)13/h9,14H,3-8H2,1-2H3. The first-order chi connectivity index (χ1) is 6.99. The quantitative estimate of drug-likeness (QED) is 0.644. The van der Waals surface area contributed by atoms with Gasteiger partial charge in [-0.1, -0.05) is 13.8 Å². The number of alkyl halides is 3. The molecule has 0 radical (unpaired) electrons. The molecule has 0 atom stereocenters. The van der Waals surface area contributed by atoms with Crippen LogP contribution < -0.4 is 5.32 Å². The van der Waals surface area contributed by atoms with Gasteiger partial charge in [-0.15, -0.1) is 0 Å². The fourth-order valence-corrected chi connectivity index (χ4v) is 1.20. The number of nitrogens with one attached hydrogen (secondary N) is 1. The maximum absolute atomic E-state index is 11.7. The molecule has 1 N–H and O–H groups in total. The molecule has 92 valence electrons. The maximum Gasteiger partial charge on any atom is 0.391 e. The Morgan fingerprint density at radius 3 is 2.20 bits per heavy atom. The van der Waals surface area contributed by atoms with Gasteiger partial charge >= 0.3 is 6.18 Å². The van der Waals surface area contributed by atoms with Crippen molar-refractivity contribution >= 4 is 0 Å². The lowest BCUT2D eigenvalue weighted by molar-refractivity contribution is -0.145. The summed E-state index contributed by atoms with van der Waals surface area (Å²) >= 11 is 0. The molecule has 15 heavy (non-hydrogen) atoms. The topological polar surface area (TPSA) is 21.3 Å². The number of hydrogen-bond acceptors (Lipinski definition) is 2. The number of hydrogen-bond donors (Lipinski definition) is 1. The van der Waals surface area contributed by atoms with E-state index in [9.17, 15) is 13.2 Å². The van der Waals surface area contributed by atoms with Crippen LogP contribution in [0.4, 0.5) is 13.2 Å². The van der Waals surface area contributed by atoms with Gasteiger partial charge in [0.25, 0.3) is 0 Å². The van der Waals surface area contributed by atoms with E-state index in [0.29, 0.717) is 19.2 Å². The maximum atomic E-state index is 11.7. The molecule has 2 nitrogen and oxygen atoms in total. The Kier molecular flexibility index (Phi) is 7.78. The monoisotopic (exact) mass is 227 g/mol. The molecule has 0 fully saturated rings. The van der Waals surface area contributed by atoms with Crippen LogP contribution in [0.5, 0.6) is 0 Å². The predicted molar refractivity (Wildman–Crippen MR) is 53.9 cm³/mol. The summed E-state index contributed by atoms with van der Waals surface area (Å²) in [6.45, 7) is 4.86. The zero-order valence-corrected chi connectivity index (χ0v) is 9.36. The Morgan fingerprint density at radius 2 is 1.73 bits per heavy atom. The zero-order valence-electron chi connectivity index (χ0n) is 9.36. The minimum atomic E-state index is -4.11. The molecule has 0 aliphatic heterocycles. The summed E-state index contributed by atoms with van der Waals surface area (Å²) < 4.78 is 40.0. The van der Waals surface area contributed by atoms with Gasteiger partial charge in [-0.2, -0.15) is 13.2 Å². The van der Waals surface area contributed by atoms with E-state index < -0.39 is 12.6 Å². The van der Waals surface area contributed by atoms with Gasteiger partial charge in [0.1, 0.15) is 0 Å². The zero-order chi connectivity index (χ0) is 11.7. The summed E-state index contributed by atoms with van der Waals surface area (Å²) in [6, 6.07) is 0.441. The van der Waals surface area contributed by atoms with Crippen LogP contribution in [0.1, 0.15) is 33.1 Å². The average molecular weight is 227 g/mol. The molecule has 0 aliphatic carbocycles. The van der Waals surface area contributed by atoms with Gasteiger partial charge in [-0.3, -0.25) is 0 Å². The van der Waals surface area contributed by atoms with Gasteiger partial charge in [0.05, 0.1) is 19.6 Å². The van der Waals surface area contributed by atoms with Crippen LogP contribution in [0, 0.1) is 0 Å². The SMILES string of the molecule is CCC(CC)NCCOCCC(F)(F)F. The van der Waals surface area contributed by atoms with Crippen molar-refractivity contribution in [2.24, 2.45) is 0 Å². The molecule has 0 spiro atoms. The van der Waals surface area contributed by atoms with Crippen molar-refractivity contribution < 1.29 is 17.9 Å². The van der Waals surface area contributed by atoms with E-state index in [0.717, 1.165) is 12.8 Å². The highest BCUT2D eigenvalue weighted by Gasteiger charge is 2.26. The molecule has 0 amide bonds. The van der Waals surface area contributed by atoms with Crippen LogP contribution in [-0.2, 0) is 4.74 Å². The summed E-state index contributed by atoms with van der Waals surface area (Å²) in [7, 11) is 0.